The molecular formula is C73H118O6. The molecule has 0 N–H and O–H groups in total. The van der Waals surface area contributed by atoms with Gasteiger partial charge < -0.3 is 14.2 Å². The molecule has 0 aromatic rings. The second-order valence-corrected chi connectivity index (χ2v) is 20.9. The largest absolute Gasteiger partial charge is 0.462 e. The van der Waals surface area contributed by atoms with E-state index >= 15 is 0 Å². The summed E-state index contributed by atoms with van der Waals surface area (Å²) in [5, 5.41) is 0. The highest BCUT2D eigenvalue weighted by Gasteiger charge is 2.19. The minimum absolute atomic E-state index is 0.106. The van der Waals surface area contributed by atoms with Crippen LogP contribution in [0.3, 0.4) is 0 Å². The molecule has 0 radical (unpaired) electrons. The van der Waals surface area contributed by atoms with Gasteiger partial charge in [-0.15, -0.1) is 0 Å². The molecule has 0 amide bonds. The van der Waals surface area contributed by atoms with Crippen LogP contribution in [0.15, 0.2) is 146 Å². The minimum atomic E-state index is -0.814. The molecule has 1 atom stereocenters. The summed E-state index contributed by atoms with van der Waals surface area (Å²) >= 11 is 0. The van der Waals surface area contributed by atoms with Crippen molar-refractivity contribution in [2.75, 3.05) is 13.2 Å². The molecule has 6 heteroatoms. The first-order valence-electron chi connectivity index (χ1n) is 32.3. The Balaban J connectivity index is 4.50. The summed E-state index contributed by atoms with van der Waals surface area (Å²) in [5.41, 5.74) is 0. The molecule has 1 unspecified atom stereocenters. The Morgan fingerprint density at radius 3 is 0.835 bits per heavy atom. The fraction of sp³-hybridized carbons (Fsp3) is 0.630. The van der Waals surface area contributed by atoms with E-state index in [1.807, 2.05) is 0 Å². The topological polar surface area (TPSA) is 78.9 Å². The first-order valence-corrected chi connectivity index (χ1v) is 32.3. The summed E-state index contributed by atoms with van der Waals surface area (Å²) in [6.07, 6.45) is 94.2. The first kappa shape index (κ1) is 74.3. The summed E-state index contributed by atoms with van der Waals surface area (Å²) < 4.78 is 16.9. The Morgan fingerprint density at radius 2 is 0.494 bits per heavy atom. The standard InChI is InChI=1S/C73H118O6/c1-4-7-10-13-16-19-22-25-28-30-32-33-34-35-36-37-38-39-41-42-45-48-51-54-57-60-63-66-72(75)78-69-70(68-77-71(74)65-62-59-56-53-50-47-44-27-24-21-18-15-12-9-6-3)79-73(76)67-64-61-58-55-52-49-46-43-40-31-29-26-23-20-17-14-11-8-5-2/h7,10,16-17,19-20,25-29,32-33,35-36,38-40,42-45,51,54,70H,4-6,8-9,11-15,18,21-24,30-31,34,37,41,46-50,52-53,55-69H2,1-3H3/b10-7-,19-16-,20-17-,28-25-,29-26-,33-32-,36-35-,39-38-,43-40-,44-27-,45-42-,54-51-. The van der Waals surface area contributed by atoms with Crippen molar-refractivity contribution in [2.24, 2.45) is 0 Å². The molecule has 446 valence electrons. The van der Waals surface area contributed by atoms with Crippen molar-refractivity contribution in [1.82, 2.24) is 0 Å². The van der Waals surface area contributed by atoms with E-state index in [4.69, 9.17) is 14.2 Å². The Bertz CT molecular complexity index is 1730. The van der Waals surface area contributed by atoms with Gasteiger partial charge in [0, 0.05) is 19.3 Å². The SMILES string of the molecule is CC/C=C\C/C=C\C/C=C\C/C=C\C/C=C\C/C=C\C/C=C\C/C=C\CCCCC(=O)OCC(COC(=O)CCCCCCC/C=C\CCCCCCCC)OC(=O)CCCCCCCC/C=C\C/C=C\C/C=C\CCCCC. The van der Waals surface area contributed by atoms with Crippen LogP contribution in [0.5, 0.6) is 0 Å². The molecule has 0 spiro atoms. The van der Waals surface area contributed by atoms with Gasteiger partial charge >= 0.3 is 17.9 Å². The van der Waals surface area contributed by atoms with Gasteiger partial charge in [-0.05, 0) is 148 Å². The van der Waals surface area contributed by atoms with Crippen molar-refractivity contribution in [3.63, 3.8) is 0 Å². The average Bonchev–Trinajstić information content (AvgIpc) is 3.45. The van der Waals surface area contributed by atoms with Gasteiger partial charge in [-0.1, -0.05) is 256 Å². The normalized spacial score (nSPS) is 13.1. The molecular weight excluding hydrogens is 973 g/mol. The number of rotatable bonds is 57. The maximum atomic E-state index is 12.9. The van der Waals surface area contributed by atoms with Crippen LogP contribution >= 0.6 is 0 Å². The van der Waals surface area contributed by atoms with Gasteiger partial charge in [0.05, 0.1) is 0 Å². The Morgan fingerprint density at radius 1 is 0.266 bits per heavy atom. The fourth-order valence-electron chi connectivity index (χ4n) is 8.46. The van der Waals surface area contributed by atoms with Crippen molar-refractivity contribution in [3.05, 3.63) is 146 Å². The van der Waals surface area contributed by atoms with Crippen LogP contribution in [-0.4, -0.2) is 37.2 Å². The fourth-order valence-corrected chi connectivity index (χ4v) is 8.46. The van der Waals surface area contributed by atoms with Crippen molar-refractivity contribution in [3.8, 4) is 0 Å². The lowest BCUT2D eigenvalue weighted by Crippen LogP contribution is -2.30. The molecule has 79 heavy (non-hydrogen) atoms. The predicted octanol–water partition coefficient (Wildman–Crippen LogP) is 22.3. The van der Waals surface area contributed by atoms with E-state index in [1.54, 1.807) is 0 Å². The van der Waals surface area contributed by atoms with Crippen LogP contribution in [0.25, 0.3) is 0 Å². The highest BCUT2D eigenvalue weighted by molar-refractivity contribution is 5.71. The zero-order chi connectivity index (χ0) is 57.1. The summed E-state index contributed by atoms with van der Waals surface area (Å²) in [7, 11) is 0. The van der Waals surface area contributed by atoms with Gasteiger partial charge in [0.15, 0.2) is 6.10 Å². The monoisotopic (exact) mass is 1090 g/mol. The van der Waals surface area contributed by atoms with Gasteiger partial charge in [0.1, 0.15) is 13.2 Å². The molecule has 0 saturated carbocycles. The molecule has 0 fully saturated rings. The molecule has 0 aromatic heterocycles. The minimum Gasteiger partial charge on any atom is -0.462 e. The number of hydrogen-bond acceptors (Lipinski definition) is 6. The van der Waals surface area contributed by atoms with Crippen LogP contribution in [0, 0.1) is 0 Å². The number of ether oxygens (including phenoxy) is 3. The molecule has 0 aliphatic rings. The Hall–Kier alpha value is -4.71. The van der Waals surface area contributed by atoms with E-state index in [0.29, 0.717) is 25.7 Å². The van der Waals surface area contributed by atoms with Crippen LogP contribution in [0.2, 0.25) is 0 Å². The van der Waals surface area contributed by atoms with Crippen LogP contribution in [0.1, 0.15) is 278 Å². The van der Waals surface area contributed by atoms with Crippen LogP contribution in [-0.2, 0) is 28.6 Å². The van der Waals surface area contributed by atoms with E-state index in [2.05, 4.69) is 167 Å². The summed E-state index contributed by atoms with van der Waals surface area (Å²) in [4.78, 5) is 38.3. The number of esters is 3. The molecule has 0 rings (SSSR count). The Labute approximate surface area is 487 Å². The molecule has 0 aliphatic carbocycles. The predicted molar refractivity (Wildman–Crippen MR) is 343 cm³/mol. The molecule has 0 aliphatic heterocycles. The number of carbonyl (C=O) groups excluding carboxylic acids is 3. The van der Waals surface area contributed by atoms with Gasteiger partial charge in [-0.3, -0.25) is 14.4 Å². The summed E-state index contributed by atoms with van der Waals surface area (Å²) in [6.45, 7) is 6.44. The van der Waals surface area contributed by atoms with Gasteiger partial charge in [-0.2, -0.15) is 0 Å². The van der Waals surface area contributed by atoms with E-state index in [9.17, 15) is 14.4 Å². The number of carbonyl (C=O) groups is 3. The van der Waals surface area contributed by atoms with E-state index in [1.165, 1.54) is 89.9 Å². The molecule has 0 saturated heterocycles. The quantitative estimate of drug-likeness (QED) is 0.0261. The molecule has 6 nitrogen and oxygen atoms in total. The van der Waals surface area contributed by atoms with Crippen LogP contribution < -0.4 is 0 Å². The smallest absolute Gasteiger partial charge is 0.306 e. The highest BCUT2D eigenvalue weighted by Crippen LogP contribution is 2.14. The van der Waals surface area contributed by atoms with Gasteiger partial charge in [0.2, 0.25) is 0 Å². The average molecular weight is 1090 g/mol. The van der Waals surface area contributed by atoms with Crippen LogP contribution in [0.4, 0.5) is 0 Å². The zero-order valence-corrected chi connectivity index (χ0v) is 51.1. The zero-order valence-electron chi connectivity index (χ0n) is 51.1. The third kappa shape index (κ3) is 64.0. The van der Waals surface area contributed by atoms with Gasteiger partial charge in [-0.25, -0.2) is 0 Å². The molecule has 0 bridgehead atoms. The van der Waals surface area contributed by atoms with Crippen molar-refractivity contribution < 1.29 is 28.6 Å². The number of unbranched alkanes of at least 4 members (excludes halogenated alkanes) is 22. The van der Waals surface area contributed by atoms with E-state index < -0.39 is 6.10 Å². The van der Waals surface area contributed by atoms with Gasteiger partial charge in [0.25, 0.3) is 0 Å². The Kier molecular flexibility index (Phi) is 61.9. The van der Waals surface area contributed by atoms with Crippen molar-refractivity contribution >= 4 is 17.9 Å². The van der Waals surface area contributed by atoms with Crippen molar-refractivity contribution in [1.29, 1.82) is 0 Å². The number of hydrogen-bond donors (Lipinski definition) is 0. The lowest BCUT2D eigenvalue weighted by Gasteiger charge is -2.18. The molecule has 0 aromatic carbocycles. The third-order valence-electron chi connectivity index (χ3n) is 13.3. The third-order valence-corrected chi connectivity index (χ3v) is 13.3. The number of allylic oxidation sites excluding steroid dienone is 24. The maximum absolute atomic E-state index is 12.9. The maximum Gasteiger partial charge on any atom is 0.306 e. The lowest BCUT2D eigenvalue weighted by molar-refractivity contribution is -0.167. The second-order valence-electron chi connectivity index (χ2n) is 20.9. The highest BCUT2D eigenvalue weighted by atomic mass is 16.6. The first-order chi connectivity index (χ1) is 39.0. The van der Waals surface area contributed by atoms with E-state index in [0.717, 1.165) is 141 Å². The second kappa shape index (κ2) is 65.8. The summed E-state index contributed by atoms with van der Waals surface area (Å²) in [6, 6.07) is 0. The van der Waals surface area contributed by atoms with E-state index in [-0.39, 0.29) is 31.1 Å². The van der Waals surface area contributed by atoms with Crippen molar-refractivity contribution in [2.45, 2.75) is 284 Å². The lowest BCUT2D eigenvalue weighted by atomic mass is 10.1. The molecule has 0 heterocycles. The summed E-state index contributed by atoms with van der Waals surface area (Å²) in [5.74, 6) is -0.972.